The molecule has 0 aromatic heterocycles. The van der Waals surface area contributed by atoms with Crippen LogP contribution in [0.1, 0.15) is 21.5 Å². The Morgan fingerprint density at radius 2 is 2.29 bits per heavy atom. The topological polar surface area (TPSA) is 87.1 Å². The van der Waals surface area contributed by atoms with Crippen LogP contribution in [0.2, 0.25) is 0 Å². The van der Waals surface area contributed by atoms with E-state index < -0.39 is 5.97 Å². The SMILES string of the molecule is N#Cc1cc(S)c(CN)cc1C(=O)O. The highest BCUT2D eigenvalue weighted by molar-refractivity contribution is 7.80. The molecule has 0 radical (unpaired) electrons. The smallest absolute Gasteiger partial charge is 0.337 e. The summed E-state index contributed by atoms with van der Waals surface area (Å²) in [6.45, 7) is 0.199. The van der Waals surface area contributed by atoms with E-state index in [1.165, 1.54) is 12.1 Å². The predicted octanol–water partition coefficient (Wildman–Crippen LogP) is 1.00. The van der Waals surface area contributed by atoms with E-state index in [1.54, 1.807) is 6.07 Å². The van der Waals surface area contributed by atoms with Crippen molar-refractivity contribution in [3.8, 4) is 6.07 Å². The van der Waals surface area contributed by atoms with Gasteiger partial charge in [-0.1, -0.05) is 0 Å². The highest BCUT2D eigenvalue weighted by atomic mass is 32.1. The summed E-state index contributed by atoms with van der Waals surface area (Å²) in [5.74, 6) is -1.13. The van der Waals surface area contributed by atoms with Crippen LogP contribution in [0.25, 0.3) is 0 Å². The first-order valence-electron chi connectivity index (χ1n) is 3.79. The monoisotopic (exact) mass is 208 g/mol. The van der Waals surface area contributed by atoms with Crippen LogP contribution < -0.4 is 5.73 Å². The molecule has 1 rings (SSSR count). The number of carboxylic acid groups (broad SMARTS) is 1. The Balaban J connectivity index is 3.42. The molecule has 0 aliphatic heterocycles. The van der Waals surface area contributed by atoms with Crippen molar-refractivity contribution in [1.29, 1.82) is 5.26 Å². The zero-order valence-corrected chi connectivity index (χ0v) is 8.08. The molecule has 72 valence electrons. The molecule has 0 unspecified atom stereocenters. The maximum Gasteiger partial charge on any atom is 0.337 e. The first kappa shape index (κ1) is 10.6. The fraction of sp³-hybridized carbons (Fsp3) is 0.111. The van der Waals surface area contributed by atoms with Gasteiger partial charge in [-0.05, 0) is 17.7 Å². The number of thiol groups is 1. The highest BCUT2D eigenvalue weighted by Crippen LogP contribution is 2.19. The Kier molecular flexibility index (Phi) is 3.12. The molecule has 1 aromatic carbocycles. The molecule has 5 heteroatoms. The fourth-order valence-corrected chi connectivity index (χ4v) is 1.35. The van der Waals surface area contributed by atoms with E-state index in [2.05, 4.69) is 12.6 Å². The van der Waals surface area contributed by atoms with E-state index in [1.807, 2.05) is 0 Å². The molecule has 0 saturated carbocycles. The van der Waals surface area contributed by atoms with Crippen molar-refractivity contribution < 1.29 is 9.90 Å². The second kappa shape index (κ2) is 4.13. The van der Waals surface area contributed by atoms with Crippen LogP contribution in [-0.2, 0) is 6.54 Å². The molecular weight excluding hydrogens is 200 g/mol. The van der Waals surface area contributed by atoms with Crippen molar-refractivity contribution in [2.45, 2.75) is 11.4 Å². The van der Waals surface area contributed by atoms with Gasteiger partial charge in [0.15, 0.2) is 0 Å². The molecule has 1 aromatic rings. The quantitative estimate of drug-likeness (QED) is 0.633. The third-order valence-corrected chi connectivity index (χ3v) is 2.21. The highest BCUT2D eigenvalue weighted by Gasteiger charge is 2.12. The summed E-state index contributed by atoms with van der Waals surface area (Å²) in [7, 11) is 0. The summed E-state index contributed by atoms with van der Waals surface area (Å²) in [5, 5.41) is 17.5. The summed E-state index contributed by atoms with van der Waals surface area (Å²) in [6.07, 6.45) is 0. The van der Waals surface area contributed by atoms with Gasteiger partial charge < -0.3 is 10.8 Å². The van der Waals surface area contributed by atoms with Gasteiger partial charge in [-0.25, -0.2) is 4.79 Å². The number of aromatic carboxylic acids is 1. The Hall–Kier alpha value is -1.51. The largest absolute Gasteiger partial charge is 0.478 e. The second-order valence-corrected chi connectivity index (χ2v) is 3.13. The van der Waals surface area contributed by atoms with Crippen molar-refractivity contribution in [1.82, 2.24) is 0 Å². The maximum atomic E-state index is 10.7. The number of nitriles is 1. The van der Waals surface area contributed by atoms with Crippen molar-refractivity contribution >= 4 is 18.6 Å². The third-order valence-electron chi connectivity index (χ3n) is 1.79. The van der Waals surface area contributed by atoms with Gasteiger partial charge in [0.2, 0.25) is 0 Å². The van der Waals surface area contributed by atoms with Gasteiger partial charge in [0.05, 0.1) is 11.1 Å². The number of carbonyl (C=O) groups is 1. The number of benzene rings is 1. The van der Waals surface area contributed by atoms with Gasteiger partial charge in [-0.15, -0.1) is 12.6 Å². The van der Waals surface area contributed by atoms with Crippen LogP contribution in [-0.4, -0.2) is 11.1 Å². The Labute approximate surface area is 86.4 Å². The van der Waals surface area contributed by atoms with Crippen molar-refractivity contribution in [2.24, 2.45) is 5.73 Å². The van der Waals surface area contributed by atoms with Crippen LogP contribution in [0.4, 0.5) is 0 Å². The summed E-state index contributed by atoms with van der Waals surface area (Å²) < 4.78 is 0. The minimum atomic E-state index is -1.13. The summed E-state index contributed by atoms with van der Waals surface area (Å²) >= 11 is 4.09. The molecule has 0 spiro atoms. The second-order valence-electron chi connectivity index (χ2n) is 2.65. The molecule has 3 N–H and O–H groups in total. The molecule has 0 bridgehead atoms. The van der Waals surface area contributed by atoms with E-state index in [4.69, 9.17) is 16.1 Å². The molecule has 4 nitrogen and oxygen atoms in total. The van der Waals surface area contributed by atoms with Crippen molar-refractivity contribution in [3.05, 3.63) is 28.8 Å². The summed E-state index contributed by atoms with van der Waals surface area (Å²) in [6, 6.07) is 4.59. The van der Waals surface area contributed by atoms with Crippen LogP contribution in [0.3, 0.4) is 0 Å². The molecule has 0 aliphatic rings. The number of hydrogen-bond acceptors (Lipinski definition) is 4. The molecule has 0 amide bonds. The molecule has 0 heterocycles. The lowest BCUT2D eigenvalue weighted by Crippen LogP contribution is -2.05. The first-order valence-corrected chi connectivity index (χ1v) is 4.24. The Morgan fingerprint density at radius 1 is 1.64 bits per heavy atom. The van der Waals surface area contributed by atoms with E-state index in [0.29, 0.717) is 10.5 Å². The van der Waals surface area contributed by atoms with E-state index in [0.717, 1.165) is 0 Å². The zero-order valence-electron chi connectivity index (χ0n) is 7.19. The lowest BCUT2D eigenvalue weighted by molar-refractivity contribution is 0.0696. The van der Waals surface area contributed by atoms with Crippen LogP contribution in [0.15, 0.2) is 17.0 Å². The summed E-state index contributed by atoms with van der Waals surface area (Å²) in [5.41, 5.74) is 6.06. The lowest BCUT2D eigenvalue weighted by Gasteiger charge is -2.05. The number of carboxylic acids is 1. The van der Waals surface area contributed by atoms with Crippen molar-refractivity contribution in [2.75, 3.05) is 0 Å². The van der Waals surface area contributed by atoms with Crippen molar-refractivity contribution in [3.63, 3.8) is 0 Å². The third kappa shape index (κ3) is 1.87. The average molecular weight is 208 g/mol. The fourth-order valence-electron chi connectivity index (χ4n) is 1.07. The van der Waals surface area contributed by atoms with E-state index in [-0.39, 0.29) is 17.7 Å². The lowest BCUT2D eigenvalue weighted by atomic mass is 10.0. The average Bonchev–Trinajstić information content (AvgIpc) is 2.16. The normalized spacial score (nSPS) is 9.50. The molecule has 0 fully saturated rings. The maximum absolute atomic E-state index is 10.7. The number of nitrogens with zero attached hydrogens (tertiary/aromatic N) is 1. The van der Waals surface area contributed by atoms with E-state index in [9.17, 15) is 4.79 Å². The van der Waals surface area contributed by atoms with Gasteiger partial charge in [0, 0.05) is 11.4 Å². The van der Waals surface area contributed by atoms with Crippen LogP contribution in [0, 0.1) is 11.3 Å². The number of rotatable bonds is 2. The number of hydrogen-bond donors (Lipinski definition) is 3. The first-order chi connectivity index (χ1) is 6.60. The summed E-state index contributed by atoms with van der Waals surface area (Å²) in [4.78, 5) is 11.3. The Bertz CT molecular complexity index is 424. The number of nitrogens with two attached hydrogens (primary N) is 1. The van der Waals surface area contributed by atoms with Crippen LogP contribution in [0.5, 0.6) is 0 Å². The van der Waals surface area contributed by atoms with Gasteiger partial charge in [-0.3, -0.25) is 0 Å². The Morgan fingerprint density at radius 3 is 2.71 bits per heavy atom. The van der Waals surface area contributed by atoms with Gasteiger partial charge in [0.25, 0.3) is 0 Å². The molecule has 0 atom stereocenters. The molecular formula is C9H8N2O2S. The zero-order chi connectivity index (χ0) is 10.7. The van der Waals surface area contributed by atoms with E-state index >= 15 is 0 Å². The molecule has 14 heavy (non-hydrogen) atoms. The molecule has 0 saturated heterocycles. The van der Waals surface area contributed by atoms with Gasteiger partial charge >= 0.3 is 5.97 Å². The van der Waals surface area contributed by atoms with Gasteiger partial charge in [-0.2, -0.15) is 5.26 Å². The minimum Gasteiger partial charge on any atom is -0.478 e. The van der Waals surface area contributed by atoms with Crippen LogP contribution >= 0.6 is 12.6 Å². The molecule has 0 aliphatic carbocycles. The standard InChI is InChI=1S/C9H8N2O2S/c10-3-5-2-8(14)6(4-11)1-7(5)9(12)13/h1-2,14H,4,11H2,(H,12,13). The minimum absolute atomic E-state index is 0.0363. The van der Waals surface area contributed by atoms with Gasteiger partial charge in [0.1, 0.15) is 6.07 Å². The predicted molar refractivity (Wildman–Crippen MR) is 53.3 cm³/mol.